The van der Waals surface area contributed by atoms with Gasteiger partial charge in [0, 0.05) is 9.79 Å². The van der Waals surface area contributed by atoms with Gasteiger partial charge in [0.2, 0.25) is 0 Å². The number of rotatable bonds is 4. The SMILES string of the molecule is N#Cc1ccc(Sc2cccc(Sc3ccc(C#N)cc3)n2)cc1. The van der Waals surface area contributed by atoms with Gasteiger partial charge in [0.15, 0.2) is 0 Å². The number of nitrogens with zero attached hydrogens (tertiary/aromatic N) is 3. The zero-order valence-electron chi connectivity index (χ0n) is 12.5. The second kappa shape index (κ2) is 7.70. The molecule has 0 atom stereocenters. The molecule has 0 saturated heterocycles. The Labute approximate surface area is 149 Å². The molecule has 3 nitrogen and oxygen atoms in total. The van der Waals surface area contributed by atoms with Gasteiger partial charge in [-0.15, -0.1) is 0 Å². The summed E-state index contributed by atoms with van der Waals surface area (Å²) in [6.45, 7) is 0. The average molecular weight is 345 g/mol. The van der Waals surface area contributed by atoms with Gasteiger partial charge in [-0.25, -0.2) is 4.98 Å². The molecule has 1 aromatic heterocycles. The van der Waals surface area contributed by atoms with E-state index in [-0.39, 0.29) is 0 Å². The zero-order chi connectivity index (χ0) is 16.8. The Hall–Kier alpha value is -2.73. The van der Waals surface area contributed by atoms with Gasteiger partial charge in [0.1, 0.15) is 10.1 Å². The highest BCUT2D eigenvalue weighted by atomic mass is 32.2. The van der Waals surface area contributed by atoms with E-state index >= 15 is 0 Å². The van der Waals surface area contributed by atoms with Crippen molar-refractivity contribution in [3.8, 4) is 12.1 Å². The van der Waals surface area contributed by atoms with Crippen LogP contribution in [0.5, 0.6) is 0 Å². The number of hydrogen-bond donors (Lipinski definition) is 0. The Kier molecular flexibility index (Phi) is 5.18. The molecule has 2 aromatic carbocycles. The van der Waals surface area contributed by atoms with Gasteiger partial charge < -0.3 is 0 Å². The lowest BCUT2D eigenvalue weighted by Gasteiger charge is -2.05. The quantitative estimate of drug-likeness (QED) is 0.656. The molecule has 0 radical (unpaired) electrons. The van der Waals surface area contributed by atoms with Crippen molar-refractivity contribution in [2.24, 2.45) is 0 Å². The average Bonchev–Trinajstić information content (AvgIpc) is 2.63. The lowest BCUT2D eigenvalue weighted by Crippen LogP contribution is -1.84. The smallest absolute Gasteiger partial charge is 0.102 e. The van der Waals surface area contributed by atoms with Crippen LogP contribution in [0.1, 0.15) is 11.1 Å². The third kappa shape index (κ3) is 4.17. The van der Waals surface area contributed by atoms with Gasteiger partial charge in [-0.1, -0.05) is 29.6 Å². The zero-order valence-corrected chi connectivity index (χ0v) is 14.1. The topological polar surface area (TPSA) is 60.5 Å². The first kappa shape index (κ1) is 16.1. The summed E-state index contributed by atoms with van der Waals surface area (Å²) in [6, 6.07) is 25.0. The molecule has 0 unspecified atom stereocenters. The minimum absolute atomic E-state index is 0.650. The predicted molar refractivity (Wildman–Crippen MR) is 94.8 cm³/mol. The molecule has 0 spiro atoms. The number of pyridine rings is 1. The molecule has 1 heterocycles. The monoisotopic (exact) mass is 345 g/mol. The lowest BCUT2D eigenvalue weighted by atomic mass is 10.2. The molecule has 0 saturated carbocycles. The molecule has 24 heavy (non-hydrogen) atoms. The third-order valence-corrected chi connectivity index (χ3v) is 5.00. The van der Waals surface area contributed by atoms with Gasteiger partial charge in [0.25, 0.3) is 0 Å². The summed E-state index contributed by atoms with van der Waals surface area (Å²) in [4.78, 5) is 6.73. The number of aromatic nitrogens is 1. The van der Waals surface area contributed by atoms with Crippen molar-refractivity contribution in [2.75, 3.05) is 0 Å². The van der Waals surface area contributed by atoms with Crippen LogP contribution in [0.4, 0.5) is 0 Å². The molecule has 0 aliphatic heterocycles. The summed E-state index contributed by atoms with van der Waals surface area (Å²) < 4.78 is 0. The molecular weight excluding hydrogens is 334 g/mol. The maximum Gasteiger partial charge on any atom is 0.102 e. The Bertz CT molecular complexity index is 846. The fourth-order valence-corrected chi connectivity index (χ4v) is 3.61. The van der Waals surface area contributed by atoms with Crippen LogP contribution >= 0.6 is 23.5 Å². The first-order valence-corrected chi connectivity index (χ1v) is 8.73. The minimum atomic E-state index is 0.650. The number of hydrogen-bond acceptors (Lipinski definition) is 5. The van der Waals surface area contributed by atoms with Crippen molar-refractivity contribution in [1.29, 1.82) is 10.5 Å². The third-order valence-electron chi connectivity index (χ3n) is 3.11. The molecule has 114 valence electrons. The van der Waals surface area contributed by atoms with Gasteiger partial charge >= 0.3 is 0 Å². The molecule has 0 aliphatic rings. The second-order valence-electron chi connectivity index (χ2n) is 4.79. The van der Waals surface area contributed by atoms with Crippen LogP contribution in [0.15, 0.2) is 86.6 Å². The molecule has 5 heteroatoms. The van der Waals surface area contributed by atoms with E-state index in [1.807, 2.05) is 42.5 Å². The molecule has 0 aliphatic carbocycles. The normalized spacial score (nSPS) is 9.92. The van der Waals surface area contributed by atoms with Gasteiger partial charge in [-0.3, -0.25) is 0 Å². The second-order valence-corrected chi connectivity index (χ2v) is 6.98. The van der Waals surface area contributed by atoms with Crippen LogP contribution in [-0.4, -0.2) is 4.98 Å². The largest absolute Gasteiger partial charge is 0.234 e. The summed E-state index contributed by atoms with van der Waals surface area (Å²) in [5.74, 6) is 0. The van der Waals surface area contributed by atoms with Crippen molar-refractivity contribution >= 4 is 23.5 Å². The summed E-state index contributed by atoms with van der Waals surface area (Å²) in [5.41, 5.74) is 1.30. The first-order valence-electron chi connectivity index (χ1n) is 7.10. The Morgan fingerprint density at radius 1 is 0.625 bits per heavy atom. The molecule has 3 rings (SSSR count). The highest BCUT2D eigenvalue weighted by molar-refractivity contribution is 8.00. The maximum absolute atomic E-state index is 8.84. The van der Waals surface area contributed by atoms with Crippen LogP contribution < -0.4 is 0 Å². The van der Waals surface area contributed by atoms with E-state index in [2.05, 4.69) is 17.1 Å². The van der Waals surface area contributed by atoms with E-state index in [4.69, 9.17) is 10.5 Å². The van der Waals surface area contributed by atoms with Crippen LogP contribution in [0, 0.1) is 22.7 Å². The van der Waals surface area contributed by atoms with E-state index in [9.17, 15) is 0 Å². The molecule has 3 aromatic rings. The van der Waals surface area contributed by atoms with Crippen LogP contribution in [0.2, 0.25) is 0 Å². The predicted octanol–water partition coefficient (Wildman–Crippen LogP) is 5.13. The van der Waals surface area contributed by atoms with Crippen molar-refractivity contribution in [3.63, 3.8) is 0 Å². The van der Waals surface area contributed by atoms with E-state index in [0.29, 0.717) is 11.1 Å². The Morgan fingerprint density at radius 2 is 1.04 bits per heavy atom. The highest BCUT2D eigenvalue weighted by Crippen LogP contribution is 2.31. The van der Waals surface area contributed by atoms with Crippen molar-refractivity contribution in [3.05, 3.63) is 77.9 Å². The standard InChI is InChI=1S/C19H11N3S2/c20-12-14-4-8-16(9-5-14)23-18-2-1-3-19(22-18)24-17-10-6-15(13-21)7-11-17/h1-11H. The van der Waals surface area contributed by atoms with Gasteiger partial charge in [-0.05, 0) is 60.7 Å². The molecule has 0 N–H and O–H groups in total. The summed E-state index contributed by atoms with van der Waals surface area (Å²) in [7, 11) is 0. The van der Waals surface area contributed by atoms with Crippen molar-refractivity contribution in [1.82, 2.24) is 4.98 Å². The first-order chi connectivity index (χ1) is 11.8. The van der Waals surface area contributed by atoms with Crippen molar-refractivity contribution in [2.45, 2.75) is 19.8 Å². The molecule has 0 fully saturated rings. The summed E-state index contributed by atoms with van der Waals surface area (Å²) in [5, 5.41) is 19.5. The highest BCUT2D eigenvalue weighted by Gasteiger charge is 2.03. The fourth-order valence-electron chi connectivity index (χ4n) is 1.95. The van der Waals surface area contributed by atoms with E-state index in [1.54, 1.807) is 47.8 Å². The van der Waals surface area contributed by atoms with E-state index in [0.717, 1.165) is 19.8 Å². The molecular formula is C19H11N3S2. The van der Waals surface area contributed by atoms with Crippen LogP contribution in [0.25, 0.3) is 0 Å². The van der Waals surface area contributed by atoms with Crippen molar-refractivity contribution < 1.29 is 0 Å². The fraction of sp³-hybridized carbons (Fsp3) is 0. The lowest BCUT2D eigenvalue weighted by molar-refractivity contribution is 1.01. The maximum atomic E-state index is 8.84. The van der Waals surface area contributed by atoms with E-state index < -0.39 is 0 Å². The molecule has 0 bridgehead atoms. The molecule has 0 amide bonds. The Balaban J connectivity index is 1.73. The van der Waals surface area contributed by atoms with Gasteiger partial charge in [0.05, 0.1) is 23.3 Å². The van der Waals surface area contributed by atoms with Gasteiger partial charge in [-0.2, -0.15) is 10.5 Å². The number of nitriles is 2. The van der Waals surface area contributed by atoms with Crippen LogP contribution in [-0.2, 0) is 0 Å². The minimum Gasteiger partial charge on any atom is -0.234 e. The summed E-state index contributed by atoms with van der Waals surface area (Å²) >= 11 is 3.12. The van der Waals surface area contributed by atoms with Crippen LogP contribution in [0.3, 0.4) is 0 Å². The summed E-state index contributed by atoms with van der Waals surface area (Å²) in [6.07, 6.45) is 0. The Morgan fingerprint density at radius 3 is 1.42 bits per heavy atom. The number of benzene rings is 2. The van der Waals surface area contributed by atoms with E-state index in [1.165, 1.54) is 0 Å².